The van der Waals surface area contributed by atoms with Gasteiger partial charge >= 0.3 is 6.18 Å². The van der Waals surface area contributed by atoms with Gasteiger partial charge in [0.05, 0.1) is 6.54 Å². The molecule has 1 N–H and O–H groups in total. The van der Waals surface area contributed by atoms with Crippen molar-refractivity contribution in [3.8, 4) is 0 Å². The highest BCUT2D eigenvalue weighted by atomic mass is 127. The van der Waals surface area contributed by atoms with E-state index in [1.807, 2.05) is 0 Å². The Balaban J connectivity index is 0.00000288. The molecule has 142 valence electrons. The second-order valence-corrected chi connectivity index (χ2v) is 7.06. The van der Waals surface area contributed by atoms with E-state index in [9.17, 15) is 13.2 Å². The Kier molecular flexibility index (Phi) is 8.58. The van der Waals surface area contributed by atoms with E-state index in [4.69, 9.17) is 0 Å². The molecule has 1 saturated carbocycles. The minimum Gasteiger partial charge on any atom is -0.356 e. The first-order valence-corrected chi connectivity index (χ1v) is 8.54. The predicted octanol–water partition coefficient (Wildman–Crippen LogP) is 3.33. The summed E-state index contributed by atoms with van der Waals surface area (Å²) in [6.07, 6.45) is 3.11. The average molecular weight is 462 g/mol. The minimum absolute atomic E-state index is 0. The predicted molar refractivity (Wildman–Crippen MR) is 102 cm³/mol. The maximum absolute atomic E-state index is 12.3. The summed E-state index contributed by atoms with van der Waals surface area (Å²) in [5.41, 5.74) is 0.491. The molecule has 1 spiro atoms. The molecule has 0 atom stereocenters. The number of halogens is 4. The van der Waals surface area contributed by atoms with E-state index in [0.717, 1.165) is 19.0 Å². The van der Waals surface area contributed by atoms with Crippen LogP contribution in [-0.4, -0.2) is 68.8 Å². The lowest BCUT2D eigenvalue weighted by Gasteiger charge is -2.26. The molecule has 0 bridgehead atoms. The third-order valence-corrected chi connectivity index (χ3v) is 5.06. The smallest absolute Gasteiger partial charge is 0.356 e. The van der Waals surface area contributed by atoms with Gasteiger partial charge in [-0.15, -0.1) is 24.0 Å². The van der Waals surface area contributed by atoms with Crippen molar-refractivity contribution in [1.82, 2.24) is 15.1 Å². The fourth-order valence-corrected chi connectivity index (χ4v) is 3.92. The second kappa shape index (κ2) is 9.45. The van der Waals surface area contributed by atoms with E-state index in [1.165, 1.54) is 44.1 Å². The van der Waals surface area contributed by atoms with Gasteiger partial charge in [-0.1, -0.05) is 12.8 Å². The minimum atomic E-state index is -4.12. The van der Waals surface area contributed by atoms with Crippen LogP contribution in [0.2, 0.25) is 0 Å². The van der Waals surface area contributed by atoms with Crippen molar-refractivity contribution in [1.29, 1.82) is 0 Å². The van der Waals surface area contributed by atoms with Crippen LogP contribution in [-0.2, 0) is 0 Å². The first kappa shape index (κ1) is 21.8. The molecule has 2 aliphatic rings. The van der Waals surface area contributed by atoms with Crippen LogP contribution in [0.15, 0.2) is 4.99 Å². The molecule has 0 aromatic carbocycles. The molecule has 0 radical (unpaired) electrons. The summed E-state index contributed by atoms with van der Waals surface area (Å²) in [6, 6.07) is 0. The molecule has 0 unspecified atom stereocenters. The summed E-state index contributed by atoms with van der Waals surface area (Å²) in [5, 5.41) is 3.30. The van der Waals surface area contributed by atoms with Gasteiger partial charge in [-0.05, 0) is 44.7 Å². The fourth-order valence-electron chi connectivity index (χ4n) is 3.92. The Morgan fingerprint density at radius 1 is 1.25 bits per heavy atom. The Morgan fingerprint density at radius 3 is 2.50 bits per heavy atom. The van der Waals surface area contributed by atoms with Crippen molar-refractivity contribution < 1.29 is 13.2 Å². The second-order valence-electron chi connectivity index (χ2n) is 7.06. The van der Waals surface area contributed by atoms with E-state index < -0.39 is 12.7 Å². The lowest BCUT2D eigenvalue weighted by Crippen LogP contribution is -2.42. The van der Waals surface area contributed by atoms with Gasteiger partial charge in [-0.3, -0.25) is 9.89 Å². The lowest BCUT2D eigenvalue weighted by molar-refractivity contribution is -0.143. The molecule has 0 amide bonds. The van der Waals surface area contributed by atoms with Crippen molar-refractivity contribution in [2.24, 2.45) is 10.4 Å². The van der Waals surface area contributed by atoms with Gasteiger partial charge in [0.25, 0.3) is 0 Å². The van der Waals surface area contributed by atoms with Crippen LogP contribution in [0.1, 0.15) is 38.5 Å². The number of rotatable bonds is 5. The lowest BCUT2D eigenvalue weighted by atomic mass is 9.86. The third kappa shape index (κ3) is 6.57. The SMILES string of the molecule is CN=C(NCCCN(C)CC(F)(F)F)N1CCC2(CCCC2)C1.I. The average Bonchev–Trinajstić information content (AvgIpc) is 3.08. The number of aliphatic imine (C=N–C) groups is 1. The number of alkyl halides is 3. The largest absolute Gasteiger partial charge is 0.401 e. The van der Waals surface area contributed by atoms with Crippen molar-refractivity contribution >= 4 is 29.9 Å². The van der Waals surface area contributed by atoms with Gasteiger partial charge in [0.1, 0.15) is 0 Å². The van der Waals surface area contributed by atoms with Gasteiger partial charge in [-0.25, -0.2) is 0 Å². The van der Waals surface area contributed by atoms with E-state index in [0.29, 0.717) is 24.9 Å². The van der Waals surface area contributed by atoms with E-state index in [-0.39, 0.29) is 24.0 Å². The Bertz CT molecular complexity index is 409. The highest BCUT2D eigenvalue weighted by molar-refractivity contribution is 14.0. The molecule has 1 aliphatic carbocycles. The van der Waals surface area contributed by atoms with E-state index in [2.05, 4.69) is 15.2 Å². The standard InChI is InChI=1S/C16H29F3N4.HI/c1-20-14(21-9-5-10-22(2)13-16(17,18)19)23-11-8-15(12-23)6-3-4-7-15;/h3-13H2,1-2H3,(H,20,21);1H. The molecule has 4 nitrogen and oxygen atoms in total. The highest BCUT2D eigenvalue weighted by Gasteiger charge is 2.41. The topological polar surface area (TPSA) is 30.9 Å². The summed E-state index contributed by atoms with van der Waals surface area (Å²) in [4.78, 5) is 7.96. The Labute approximate surface area is 160 Å². The molecule has 1 heterocycles. The van der Waals surface area contributed by atoms with Crippen LogP contribution in [0, 0.1) is 5.41 Å². The molecular weight excluding hydrogens is 432 g/mol. The van der Waals surface area contributed by atoms with Crippen LogP contribution in [0.5, 0.6) is 0 Å². The fraction of sp³-hybridized carbons (Fsp3) is 0.938. The third-order valence-electron chi connectivity index (χ3n) is 5.06. The number of likely N-dealkylation sites (tertiary alicyclic amines) is 1. The number of hydrogen-bond acceptors (Lipinski definition) is 2. The first-order chi connectivity index (χ1) is 10.8. The maximum atomic E-state index is 12.3. The van der Waals surface area contributed by atoms with E-state index >= 15 is 0 Å². The molecule has 0 aromatic heterocycles. The van der Waals surface area contributed by atoms with Crippen LogP contribution in [0.25, 0.3) is 0 Å². The summed E-state index contributed by atoms with van der Waals surface area (Å²) >= 11 is 0. The van der Waals surface area contributed by atoms with Gasteiger partial charge in [0.2, 0.25) is 0 Å². The molecule has 1 aliphatic heterocycles. The number of nitrogens with zero attached hydrogens (tertiary/aromatic N) is 3. The van der Waals surface area contributed by atoms with Gasteiger partial charge < -0.3 is 10.2 Å². The first-order valence-electron chi connectivity index (χ1n) is 8.54. The quantitative estimate of drug-likeness (QED) is 0.295. The molecule has 0 aromatic rings. The maximum Gasteiger partial charge on any atom is 0.401 e. The van der Waals surface area contributed by atoms with Gasteiger partial charge in [0, 0.05) is 26.7 Å². The zero-order valence-corrected chi connectivity index (χ0v) is 17.0. The van der Waals surface area contributed by atoms with Crippen molar-refractivity contribution in [2.75, 3.05) is 46.8 Å². The van der Waals surface area contributed by atoms with Crippen molar-refractivity contribution in [2.45, 2.75) is 44.7 Å². The number of nitrogens with one attached hydrogen (secondary N) is 1. The van der Waals surface area contributed by atoms with Crippen LogP contribution in [0.3, 0.4) is 0 Å². The number of hydrogen-bond donors (Lipinski definition) is 1. The van der Waals surface area contributed by atoms with Crippen molar-refractivity contribution in [3.05, 3.63) is 0 Å². The van der Waals surface area contributed by atoms with Gasteiger partial charge in [0.15, 0.2) is 5.96 Å². The summed E-state index contributed by atoms with van der Waals surface area (Å²) in [7, 11) is 3.28. The molecule has 2 rings (SSSR count). The number of guanidine groups is 1. The van der Waals surface area contributed by atoms with Gasteiger partial charge in [-0.2, -0.15) is 13.2 Å². The van der Waals surface area contributed by atoms with E-state index in [1.54, 1.807) is 7.05 Å². The zero-order chi connectivity index (χ0) is 16.9. The van der Waals surface area contributed by atoms with Crippen LogP contribution < -0.4 is 5.32 Å². The van der Waals surface area contributed by atoms with Crippen molar-refractivity contribution in [3.63, 3.8) is 0 Å². The summed E-state index contributed by atoms with van der Waals surface area (Å²) < 4.78 is 36.8. The molecule has 2 fully saturated rings. The molecule has 24 heavy (non-hydrogen) atoms. The normalized spacial score (nSPS) is 20.8. The zero-order valence-electron chi connectivity index (χ0n) is 14.7. The highest BCUT2D eigenvalue weighted by Crippen LogP contribution is 2.45. The molecule has 8 heteroatoms. The summed E-state index contributed by atoms with van der Waals surface area (Å²) in [6.45, 7) is 2.33. The van der Waals surface area contributed by atoms with Crippen LogP contribution in [0.4, 0.5) is 13.2 Å². The monoisotopic (exact) mass is 462 g/mol. The summed E-state index contributed by atoms with van der Waals surface area (Å²) in [5.74, 6) is 0.896. The Morgan fingerprint density at radius 2 is 1.92 bits per heavy atom. The van der Waals surface area contributed by atoms with Crippen LogP contribution >= 0.6 is 24.0 Å². The molecule has 1 saturated heterocycles. The molecular formula is C16H30F3IN4. The Hall–Kier alpha value is -0.250.